The molecule has 4 aromatic carbocycles. The maximum Gasteiger partial charge on any atom is 0.229 e. The van der Waals surface area contributed by atoms with Gasteiger partial charge in [0.05, 0.1) is 12.1 Å². The van der Waals surface area contributed by atoms with Crippen molar-refractivity contribution in [2.75, 3.05) is 0 Å². The van der Waals surface area contributed by atoms with Gasteiger partial charge in [0.1, 0.15) is 0 Å². The Morgan fingerprint density at radius 1 is 0.526 bits per heavy atom. The van der Waals surface area contributed by atoms with Crippen LogP contribution in [-0.2, 0) is 22.4 Å². The number of aryl methyl sites for hydroxylation is 2. The molecule has 2 amide bonds. The minimum Gasteiger partial charge on any atom is -0.279 e. The van der Waals surface area contributed by atoms with Gasteiger partial charge in [0.25, 0.3) is 0 Å². The highest BCUT2D eigenvalue weighted by Crippen LogP contribution is 2.46. The van der Waals surface area contributed by atoms with E-state index in [4.69, 9.17) is 12.2 Å². The minimum absolute atomic E-state index is 0.0769. The van der Waals surface area contributed by atoms with Gasteiger partial charge in [0.2, 0.25) is 11.8 Å². The molecule has 0 spiro atoms. The third kappa shape index (κ3) is 5.58. The summed E-state index contributed by atoms with van der Waals surface area (Å²) in [6.07, 6.45) is 1.83. The SMILES string of the molecule is O=C(CCc1ccccc1)N1C(=S)N(C(=O)CCc2ccccc2)C(c2ccccc2)C1c1ccccc1. The fraction of sp³-hybridized carbons (Fsp3) is 0.182. The fourth-order valence-corrected chi connectivity index (χ4v) is 5.59. The predicted octanol–water partition coefficient (Wildman–Crippen LogP) is 6.69. The zero-order valence-corrected chi connectivity index (χ0v) is 22.0. The lowest BCUT2D eigenvalue weighted by atomic mass is 9.92. The molecule has 0 N–H and O–H groups in total. The van der Waals surface area contributed by atoms with Gasteiger partial charge >= 0.3 is 0 Å². The topological polar surface area (TPSA) is 40.6 Å². The predicted molar refractivity (Wildman–Crippen MR) is 154 cm³/mol. The van der Waals surface area contributed by atoms with Crippen LogP contribution in [0.1, 0.15) is 47.2 Å². The average Bonchev–Trinajstić information content (AvgIpc) is 3.29. The third-order valence-electron chi connectivity index (χ3n) is 7.03. The van der Waals surface area contributed by atoms with Crippen LogP contribution < -0.4 is 0 Å². The molecule has 38 heavy (non-hydrogen) atoms. The third-order valence-corrected chi connectivity index (χ3v) is 7.42. The van der Waals surface area contributed by atoms with E-state index < -0.39 is 12.1 Å². The van der Waals surface area contributed by atoms with Gasteiger partial charge in [-0.2, -0.15) is 0 Å². The molecule has 0 aliphatic carbocycles. The first-order chi connectivity index (χ1) is 18.6. The molecule has 2 atom stereocenters. The number of carbonyl (C=O) groups is 2. The number of hydrogen-bond acceptors (Lipinski definition) is 3. The second-order valence-corrected chi connectivity index (χ2v) is 9.86. The highest BCUT2D eigenvalue weighted by molar-refractivity contribution is 7.80. The van der Waals surface area contributed by atoms with Crippen molar-refractivity contribution >= 4 is 29.1 Å². The standard InChI is InChI=1S/C33H30N2O2S/c36-29(23-21-25-13-5-1-6-14-25)34-31(27-17-9-3-10-18-27)32(28-19-11-4-12-20-28)35(33(34)38)30(37)24-22-26-15-7-2-8-16-26/h1-20,31-32H,21-24H2. The number of nitrogens with zero attached hydrogens (tertiary/aromatic N) is 2. The van der Waals surface area contributed by atoms with Crippen molar-refractivity contribution in [1.82, 2.24) is 9.80 Å². The van der Waals surface area contributed by atoms with Crippen LogP contribution in [0, 0.1) is 0 Å². The molecule has 1 fully saturated rings. The zero-order valence-electron chi connectivity index (χ0n) is 21.1. The first-order valence-electron chi connectivity index (χ1n) is 13.0. The lowest BCUT2D eigenvalue weighted by Crippen LogP contribution is -2.39. The molecule has 4 aromatic rings. The van der Waals surface area contributed by atoms with E-state index in [0.717, 1.165) is 22.3 Å². The van der Waals surface area contributed by atoms with Crippen LogP contribution >= 0.6 is 12.2 Å². The Morgan fingerprint density at radius 3 is 1.18 bits per heavy atom. The molecule has 2 unspecified atom stereocenters. The van der Waals surface area contributed by atoms with Gasteiger partial charge in [0.15, 0.2) is 5.11 Å². The lowest BCUT2D eigenvalue weighted by molar-refractivity contribution is -0.129. The first kappa shape index (κ1) is 25.6. The molecule has 0 saturated carbocycles. The summed E-state index contributed by atoms with van der Waals surface area (Å²) >= 11 is 5.94. The molecule has 5 heteroatoms. The lowest BCUT2D eigenvalue weighted by Gasteiger charge is -2.28. The summed E-state index contributed by atoms with van der Waals surface area (Å²) in [5.41, 5.74) is 4.10. The largest absolute Gasteiger partial charge is 0.279 e. The smallest absolute Gasteiger partial charge is 0.229 e. The number of benzene rings is 4. The van der Waals surface area contributed by atoms with Crippen LogP contribution in [-0.4, -0.2) is 26.7 Å². The van der Waals surface area contributed by atoms with Crippen LogP contribution in [0.4, 0.5) is 0 Å². The zero-order chi connectivity index (χ0) is 26.3. The monoisotopic (exact) mass is 518 g/mol. The molecule has 5 rings (SSSR count). The van der Waals surface area contributed by atoms with Gasteiger partial charge in [-0.15, -0.1) is 0 Å². The van der Waals surface area contributed by atoms with Crippen LogP contribution in [0.3, 0.4) is 0 Å². The van der Waals surface area contributed by atoms with Crippen LogP contribution in [0.15, 0.2) is 121 Å². The van der Waals surface area contributed by atoms with Gasteiger partial charge in [0, 0.05) is 12.8 Å². The maximum atomic E-state index is 13.8. The Hall–Kier alpha value is -4.09. The molecule has 4 nitrogen and oxygen atoms in total. The summed E-state index contributed by atoms with van der Waals surface area (Å²) in [7, 11) is 0. The summed E-state index contributed by atoms with van der Waals surface area (Å²) in [4.78, 5) is 31.0. The minimum atomic E-state index is -0.407. The molecule has 1 heterocycles. The summed E-state index contributed by atoms with van der Waals surface area (Å²) in [5, 5.41) is 0.281. The molecule has 1 saturated heterocycles. The van der Waals surface area contributed by atoms with E-state index in [1.54, 1.807) is 9.80 Å². The second-order valence-electron chi connectivity index (χ2n) is 9.49. The molecule has 0 aromatic heterocycles. The number of hydrogen-bond donors (Lipinski definition) is 0. The molecular formula is C33H30N2O2S. The Bertz CT molecular complexity index is 1270. The summed E-state index contributed by atoms with van der Waals surface area (Å²) in [6.45, 7) is 0. The first-order valence-corrected chi connectivity index (χ1v) is 13.4. The van der Waals surface area contributed by atoms with Crippen LogP contribution in [0.5, 0.6) is 0 Å². The number of rotatable bonds is 8. The van der Waals surface area contributed by atoms with Crippen molar-refractivity contribution < 1.29 is 9.59 Å². The number of carbonyl (C=O) groups excluding carboxylic acids is 2. The van der Waals surface area contributed by atoms with E-state index in [2.05, 4.69) is 0 Å². The van der Waals surface area contributed by atoms with E-state index in [9.17, 15) is 9.59 Å². The molecular weight excluding hydrogens is 488 g/mol. The van der Waals surface area contributed by atoms with Gasteiger partial charge in [-0.1, -0.05) is 121 Å². The van der Waals surface area contributed by atoms with Crippen molar-refractivity contribution in [3.63, 3.8) is 0 Å². The number of thiocarbonyl (C=S) groups is 1. The maximum absolute atomic E-state index is 13.8. The van der Waals surface area contributed by atoms with E-state index in [1.807, 2.05) is 121 Å². The van der Waals surface area contributed by atoms with Gasteiger partial charge < -0.3 is 0 Å². The molecule has 0 radical (unpaired) electrons. The average molecular weight is 519 g/mol. The van der Waals surface area contributed by atoms with E-state index in [0.29, 0.717) is 25.7 Å². The van der Waals surface area contributed by atoms with Gasteiger partial charge in [-0.3, -0.25) is 19.4 Å². The Balaban J connectivity index is 1.50. The van der Waals surface area contributed by atoms with Crippen molar-refractivity contribution in [3.05, 3.63) is 144 Å². The Kier molecular flexibility index (Phi) is 8.05. The Morgan fingerprint density at radius 2 is 0.842 bits per heavy atom. The second kappa shape index (κ2) is 12.0. The van der Waals surface area contributed by atoms with E-state index >= 15 is 0 Å². The highest BCUT2D eigenvalue weighted by atomic mass is 32.1. The van der Waals surface area contributed by atoms with Crippen molar-refractivity contribution in [2.45, 2.75) is 37.8 Å². The summed E-state index contributed by atoms with van der Waals surface area (Å²) in [6, 6.07) is 39.0. The van der Waals surface area contributed by atoms with E-state index in [1.165, 1.54) is 0 Å². The van der Waals surface area contributed by atoms with E-state index in [-0.39, 0.29) is 16.9 Å². The van der Waals surface area contributed by atoms with Crippen molar-refractivity contribution in [3.8, 4) is 0 Å². The highest BCUT2D eigenvalue weighted by Gasteiger charge is 2.49. The van der Waals surface area contributed by atoms with Crippen molar-refractivity contribution in [1.29, 1.82) is 0 Å². The van der Waals surface area contributed by atoms with Gasteiger partial charge in [-0.25, -0.2) is 0 Å². The molecule has 1 aliphatic heterocycles. The van der Waals surface area contributed by atoms with Crippen LogP contribution in [0.25, 0.3) is 0 Å². The normalized spacial score (nSPS) is 17.0. The Labute approximate surface area is 229 Å². The fourth-order valence-electron chi connectivity index (χ4n) is 5.16. The molecule has 1 aliphatic rings. The quantitative estimate of drug-likeness (QED) is 0.244. The molecule has 190 valence electrons. The summed E-state index contributed by atoms with van der Waals surface area (Å²) < 4.78 is 0. The molecule has 0 bridgehead atoms. The van der Waals surface area contributed by atoms with Crippen LogP contribution in [0.2, 0.25) is 0 Å². The van der Waals surface area contributed by atoms with Gasteiger partial charge in [-0.05, 0) is 47.3 Å². The summed E-state index contributed by atoms with van der Waals surface area (Å²) in [5.74, 6) is -0.154. The van der Waals surface area contributed by atoms with Crippen molar-refractivity contribution in [2.24, 2.45) is 0 Å². The number of amides is 2.